The molecule has 3 heterocycles. The predicted octanol–water partition coefficient (Wildman–Crippen LogP) is 4.25. The summed E-state index contributed by atoms with van der Waals surface area (Å²) >= 11 is 1.82. The van der Waals surface area contributed by atoms with Gasteiger partial charge in [0, 0.05) is 22.6 Å². The number of benzene rings is 2. The SMILES string of the molecule is COC(=O)[C@]12CSc3ccccc3[C@H]1N1CCC[C@@H]1[C@H]2c1ccccc1. The van der Waals surface area contributed by atoms with E-state index in [9.17, 15) is 4.79 Å². The van der Waals surface area contributed by atoms with Gasteiger partial charge in [0.15, 0.2) is 0 Å². The molecule has 0 aliphatic carbocycles. The fourth-order valence-corrected chi connectivity index (χ4v) is 7.00. The topological polar surface area (TPSA) is 29.5 Å². The lowest BCUT2D eigenvalue weighted by molar-refractivity contribution is -0.154. The Balaban J connectivity index is 1.75. The van der Waals surface area contributed by atoms with Gasteiger partial charge in [-0.15, -0.1) is 11.8 Å². The molecule has 0 bridgehead atoms. The van der Waals surface area contributed by atoms with Gasteiger partial charge in [-0.1, -0.05) is 48.5 Å². The smallest absolute Gasteiger partial charge is 0.315 e. The maximum absolute atomic E-state index is 13.3. The van der Waals surface area contributed by atoms with Gasteiger partial charge in [0.05, 0.1) is 13.2 Å². The number of nitrogens with zero attached hydrogens (tertiary/aromatic N) is 1. The van der Waals surface area contributed by atoms with Crippen LogP contribution in [-0.4, -0.2) is 36.3 Å². The van der Waals surface area contributed by atoms with Crippen LogP contribution in [0.2, 0.25) is 0 Å². The second-order valence-electron chi connectivity index (χ2n) is 7.60. The molecule has 0 aromatic heterocycles. The van der Waals surface area contributed by atoms with Crippen molar-refractivity contribution in [2.75, 3.05) is 19.4 Å². The number of rotatable bonds is 2. The molecule has 2 aromatic carbocycles. The minimum absolute atomic E-state index is 0.0484. The maximum Gasteiger partial charge on any atom is 0.315 e. The molecule has 4 heteroatoms. The lowest BCUT2D eigenvalue weighted by Crippen LogP contribution is -2.46. The van der Waals surface area contributed by atoms with Gasteiger partial charge in [-0.2, -0.15) is 0 Å². The van der Waals surface area contributed by atoms with Gasteiger partial charge in [0.25, 0.3) is 0 Å². The molecule has 5 rings (SSSR count). The van der Waals surface area contributed by atoms with Gasteiger partial charge >= 0.3 is 5.97 Å². The molecule has 2 aromatic rings. The molecule has 0 amide bonds. The normalized spacial score (nSPS) is 32.6. The van der Waals surface area contributed by atoms with E-state index in [0.29, 0.717) is 6.04 Å². The first-order chi connectivity index (χ1) is 12.8. The van der Waals surface area contributed by atoms with Gasteiger partial charge < -0.3 is 4.74 Å². The van der Waals surface area contributed by atoms with Crippen molar-refractivity contribution in [3.63, 3.8) is 0 Å². The maximum atomic E-state index is 13.3. The molecule has 134 valence electrons. The average Bonchev–Trinajstić information content (AvgIpc) is 3.26. The van der Waals surface area contributed by atoms with Gasteiger partial charge in [0.2, 0.25) is 0 Å². The Bertz CT molecular complexity index is 839. The number of thioether (sulfide) groups is 1. The first kappa shape index (κ1) is 16.4. The van der Waals surface area contributed by atoms with Crippen molar-refractivity contribution in [3.8, 4) is 0 Å². The minimum Gasteiger partial charge on any atom is -0.468 e. The minimum atomic E-state index is -0.514. The Morgan fingerprint density at radius 1 is 1.15 bits per heavy atom. The lowest BCUT2D eigenvalue weighted by Gasteiger charge is -2.42. The highest BCUT2D eigenvalue weighted by Crippen LogP contribution is 2.65. The van der Waals surface area contributed by atoms with E-state index in [-0.39, 0.29) is 17.9 Å². The molecule has 3 aliphatic rings. The Labute approximate surface area is 158 Å². The molecule has 0 radical (unpaired) electrons. The van der Waals surface area contributed by atoms with Crippen LogP contribution < -0.4 is 0 Å². The molecule has 0 saturated carbocycles. The standard InChI is InChI=1S/C22H23NO2S/c1-25-21(24)22-14-26-18-12-6-5-10-16(18)20(22)23-13-7-11-17(23)19(22)15-8-3-2-4-9-15/h2-6,8-10,12,17,19-20H,7,11,13-14H2,1H3/t17-,19-,20-,22+/m1/s1. The molecule has 0 unspecified atom stereocenters. The number of carbonyl (C=O) groups excluding carboxylic acids is 1. The van der Waals surface area contributed by atoms with Crippen molar-refractivity contribution < 1.29 is 9.53 Å². The van der Waals surface area contributed by atoms with E-state index >= 15 is 0 Å². The monoisotopic (exact) mass is 365 g/mol. The van der Waals surface area contributed by atoms with Crippen molar-refractivity contribution in [3.05, 3.63) is 65.7 Å². The zero-order chi connectivity index (χ0) is 17.7. The van der Waals surface area contributed by atoms with Crippen molar-refractivity contribution in [2.45, 2.75) is 35.7 Å². The van der Waals surface area contributed by atoms with Crippen LogP contribution >= 0.6 is 11.8 Å². The summed E-state index contributed by atoms with van der Waals surface area (Å²) in [5, 5.41) is 0. The van der Waals surface area contributed by atoms with E-state index in [1.165, 1.54) is 22.4 Å². The summed E-state index contributed by atoms with van der Waals surface area (Å²) in [5.41, 5.74) is 2.07. The van der Waals surface area contributed by atoms with Crippen LogP contribution in [0.4, 0.5) is 0 Å². The van der Waals surface area contributed by atoms with Crippen LogP contribution in [0.25, 0.3) is 0 Å². The van der Waals surface area contributed by atoms with E-state index in [2.05, 4.69) is 59.5 Å². The second kappa shape index (κ2) is 6.14. The van der Waals surface area contributed by atoms with E-state index in [1.54, 1.807) is 7.11 Å². The molecular weight excluding hydrogens is 342 g/mol. The van der Waals surface area contributed by atoms with Crippen LogP contribution in [0.15, 0.2) is 59.5 Å². The molecular formula is C22H23NO2S. The average molecular weight is 365 g/mol. The Kier molecular flexibility index (Phi) is 3.87. The number of hydrogen-bond acceptors (Lipinski definition) is 4. The van der Waals surface area contributed by atoms with Gasteiger partial charge in [-0.3, -0.25) is 9.69 Å². The predicted molar refractivity (Wildman–Crippen MR) is 103 cm³/mol. The molecule has 0 spiro atoms. The van der Waals surface area contributed by atoms with Crippen molar-refractivity contribution in [2.24, 2.45) is 5.41 Å². The number of fused-ring (bicyclic) bond motifs is 5. The number of methoxy groups -OCH3 is 1. The van der Waals surface area contributed by atoms with Gasteiger partial charge in [-0.05, 0) is 36.6 Å². The number of hydrogen-bond donors (Lipinski definition) is 0. The van der Waals surface area contributed by atoms with Crippen molar-refractivity contribution in [1.29, 1.82) is 0 Å². The number of esters is 1. The van der Waals surface area contributed by atoms with Crippen LogP contribution in [0.5, 0.6) is 0 Å². The lowest BCUT2D eigenvalue weighted by atomic mass is 9.67. The van der Waals surface area contributed by atoms with Crippen molar-refractivity contribution >= 4 is 17.7 Å². The number of ether oxygens (including phenoxy) is 1. The molecule has 26 heavy (non-hydrogen) atoms. The van der Waals surface area contributed by atoms with Gasteiger partial charge in [-0.25, -0.2) is 0 Å². The second-order valence-corrected chi connectivity index (χ2v) is 8.61. The largest absolute Gasteiger partial charge is 0.468 e. The Hall–Kier alpha value is -1.78. The molecule has 4 atom stereocenters. The third-order valence-electron chi connectivity index (χ3n) is 6.51. The third kappa shape index (κ3) is 2.09. The van der Waals surface area contributed by atoms with E-state index in [4.69, 9.17) is 4.74 Å². The summed E-state index contributed by atoms with van der Waals surface area (Å²) in [5.74, 6) is 0.922. The van der Waals surface area contributed by atoms with Crippen LogP contribution in [0.1, 0.15) is 35.9 Å². The van der Waals surface area contributed by atoms with Gasteiger partial charge in [0.1, 0.15) is 5.41 Å². The summed E-state index contributed by atoms with van der Waals surface area (Å²) < 4.78 is 5.45. The first-order valence-corrected chi connectivity index (χ1v) is 10.4. The summed E-state index contributed by atoms with van der Waals surface area (Å²) in [6.45, 7) is 1.07. The van der Waals surface area contributed by atoms with Crippen molar-refractivity contribution in [1.82, 2.24) is 4.90 Å². The Morgan fingerprint density at radius 3 is 2.73 bits per heavy atom. The summed E-state index contributed by atoms with van der Waals surface area (Å²) in [7, 11) is 1.55. The highest BCUT2D eigenvalue weighted by Gasteiger charge is 2.66. The van der Waals surface area contributed by atoms with E-state index < -0.39 is 5.41 Å². The van der Waals surface area contributed by atoms with Crippen LogP contribution in [0, 0.1) is 5.41 Å². The fourth-order valence-electron chi connectivity index (χ4n) is 5.63. The molecule has 2 fully saturated rings. The highest BCUT2D eigenvalue weighted by atomic mass is 32.2. The zero-order valence-electron chi connectivity index (χ0n) is 14.9. The van der Waals surface area contributed by atoms with Crippen LogP contribution in [-0.2, 0) is 9.53 Å². The quantitative estimate of drug-likeness (QED) is 0.744. The number of carbonyl (C=O) groups is 1. The zero-order valence-corrected chi connectivity index (χ0v) is 15.7. The van der Waals surface area contributed by atoms with E-state index in [1.807, 2.05) is 11.8 Å². The third-order valence-corrected chi connectivity index (χ3v) is 7.81. The summed E-state index contributed by atoms with van der Waals surface area (Å²) in [6.07, 6.45) is 2.36. The fraction of sp³-hybridized carbons (Fsp3) is 0.409. The summed E-state index contributed by atoms with van der Waals surface area (Å²) in [4.78, 5) is 17.3. The van der Waals surface area contributed by atoms with E-state index in [0.717, 1.165) is 18.7 Å². The van der Waals surface area contributed by atoms with Crippen LogP contribution in [0.3, 0.4) is 0 Å². The highest BCUT2D eigenvalue weighted by molar-refractivity contribution is 7.99. The molecule has 2 saturated heterocycles. The first-order valence-electron chi connectivity index (χ1n) is 9.38. The Morgan fingerprint density at radius 2 is 1.92 bits per heavy atom. The summed E-state index contributed by atoms with van der Waals surface area (Å²) in [6, 6.07) is 19.8. The molecule has 0 N–H and O–H groups in total. The molecule has 3 nitrogen and oxygen atoms in total. The molecule has 3 aliphatic heterocycles.